The van der Waals surface area contributed by atoms with Gasteiger partial charge in [-0.1, -0.05) is 0 Å². The van der Waals surface area contributed by atoms with E-state index in [-0.39, 0.29) is 16.0 Å². The van der Waals surface area contributed by atoms with E-state index in [0.717, 1.165) is 12.1 Å². The highest BCUT2D eigenvalue weighted by molar-refractivity contribution is 7.80. The predicted octanol–water partition coefficient (Wildman–Crippen LogP) is 4.34. The third-order valence-corrected chi connectivity index (χ3v) is 2.67. The Labute approximate surface area is 104 Å². The van der Waals surface area contributed by atoms with Gasteiger partial charge in [-0.3, -0.25) is 0 Å². The molecule has 94 valence electrons. The van der Waals surface area contributed by atoms with Crippen molar-refractivity contribution in [2.75, 3.05) is 0 Å². The Bertz CT molecular complexity index is 601. The minimum atomic E-state index is -1.66. The molecule has 0 spiro atoms. The van der Waals surface area contributed by atoms with Crippen LogP contribution in [0.3, 0.4) is 0 Å². The fourth-order valence-corrected chi connectivity index (χ4v) is 1.65. The van der Waals surface area contributed by atoms with E-state index >= 15 is 0 Å². The summed E-state index contributed by atoms with van der Waals surface area (Å²) in [6.07, 6.45) is 0. The second-order valence-corrected chi connectivity index (χ2v) is 4.02. The summed E-state index contributed by atoms with van der Waals surface area (Å²) < 4.78 is 65.5. The van der Waals surface area contributed by atoms with E-state index in [1.54, 1.807) is 0 Å². The van der Waals surface area contributed by atoms with Gasteiger partial charge in [0.05, 0.1) is 0 Å². The van der Waals surface area contributed by atoms with Gasteiger partial charge in [-0.15, -0.1) is 12.6 Å². The van der Waals surface area contributed by atoms with Gasteiger partial charge in [0, 0.05) is 10.5 Å². The van der Waals surface area contributed by atoms with Crippen molar-refractivity contribution in [1.29, 1.82) is 0 Å². The van der Waals surface area contributed by atoms with Crippen LogP contribution in [0.15, 0.2) is 29.2 Å². The molecule has 0 aromatic heterocycles. The Kier molecular flexibility index (Phi) is 3.30. The minimum Gasteiger partial charge on any atom is -0.206 e. The van der Waals surface area contributed by atoms with Crippen LogP contribution in [-0.4, -0.2) is 0 Å². The first-order valence-corrected chi connectivity index (χ1v) is 5.18. The Hall–Kier alpha value is -1.56. The molecule has 0 unspecified atom stereocenters. The molecular formula is C12H5F5S. The topological polar surface area (TPSA) is 0 Å². The summed E-state index contributed by atoms with van der Waals surface area (Å²) in [5.41, 5.74) is -0.667. The lowest BCUT2D eigenvalue weighted by Gasteiger charge is -2.06. The number of hydrogen-bond donors (Lipinski definition) is 1. The Morgan fingerprint density at radius 3 is 1.78 bits per heavy atom. The molecular weight excluding hydrogens is 271 g/mol. The van der Waals surface area contributed by atoms with Crippen molar-refractivity contribution in [2.24, 2.45) is 0 Å². The third kappa shape index (κ3) is 2.20. The zero-order chi connectivity index (χ0) is 13.4. The molecule has 0 aliphatic carbocycles. The first kappa shape index (κ1) is 12.9. The molecule has 0 aliphatic heterocycles. The van der Waals surface area contributed by atoms with Crippen LogP contribution in [0, 0.1) is 29.1 Å². The lowest BCUT2D eigenvalue weighted by Crippen LogP contribution is -1.94. The fourth-order valence-electron chi connectivity index (χ4n) is 1.47. The second-order valence-electron chi connectivity index (χ2n) is 3.54. The molecule has 0 N–H and O–H groups in total. The molecule has 0 nitrogen and oxygen atoms in total. The molecule has 0 fully saturated rings. The van der Waals surface area contributed by atoms with Gasteiger partial charge in [0.25, 0.3) is 0 Å². The lowest BCUT2D eigenvalue weighted by molar-refractivity contribution is 0.447. The molecule has 0 amide bonds. The summed E-state index contributed by atoms with van der Waals surface area (Å²) in [5, 5.41) is 0. The molecule has 0 bridgehead atoms. The van der Waals surface area contributed by atoms with Gasteiger partial charge in [0.2, 0.25) is 0 Å². The zero-order valence-electron chi connectivity index (χ0n) is 8.65. The summed E-state index contributed by atoms with van der Waals surface area (Å²) in [7, 11) is 0. The molecule has 0 atom stereocenters. The van der Waals surface area contributed by atoms with Gasteiger partial charge >= 0.3 is 0 Å². The second kappa shape index (κ2) is 4.61. The van der Waals surface area contributed by atoms with Crippen molar-refractivity contribution < 1.29 is 22.0 Å². The zero-order valence-corrected chi connectivity index (χ0v) is 9.54. The number of halogens is 5. The summed E-state index contributed by atoms with van der Waals surface area (Å²) in [4.78, 5) is -0.237. The predicted molar refractivity (Wildman–Crippen MR) is 58.9 cm³/mol. The van der Waals surface area contributed by atoms with E-state index < -0.39 is 29.1 Å². The molecule has 2 rings (SSSR count). The summed E-state index contributed by atoms with van der Waals surface area (Å²) in [6.45, 7) is 0. The average Bonchev–Trinajstić information content (AvgIpc) is 2.30. The highest BCUT2D eigenvalue weighted by Gasteiger charge is 2.15. The van der Waals surface area contributed by atoms with E-state index in [2.05, 4.69) is 12.6 Å². The van der Waals surface area contributed by atoms with Crippen LogP contribution in [0.1, 0.15) is 0 Å². The molecule has 2 aromatic carbocycles. The van der Waals surface area contributed by atoms with Crippen molar-refractivity contribution in [3.63, 3.8) is 0 Å². The average molecular weight is 276 g/mol. The van der Waals surface area contributed by atoms with Crippen LogP contribution < -0.4 is 0 Å². The normalized spacial score (nSPS) is 10.8. The van der Waals surface area contributed by atoms with Crippen molar-refractivity contribution in [2.45, 2.75) is 4.90 Å². The van der Waals surface area contributed by atoms with E-state index in [1.807, 2.05) is 0 Å². The van der Waals surface area contributed by atoms with E-state index in [0.29, 0.717) is 12.1 Å². The quantitative estimate of drug-likeness (QED) is 0.447. The Balaban J connectivity index is 2.66. The molecule has 0 radical (unpaired) electrons. The number of thiol groups is 1. The van der Waals surface area contributed by atoms with Gasteiger partial charge in [0.1, 0.15) is 11.6 Å². The third-order valence-electron chi connectivity index (χ3n) is 2.33. The largest absolute Gasteiger partial charge is 0.206 e. The van der Waals surface area contributed by atoms with Gasteiger partial charge in [0.15, 0.2) is 17.5 Å². The van der Waals surface area contributed by atoms with Crippen molar-refractivity contribution in [3.8, 4) is 11.1 Å². The van der Waals surface area contributed by atoms with Gasteiger partial charge in [-0.05, 0) is 29.8 Å². The minimum absolute atomic E-state index is 0.237. The summed E-state index contributed by atoms with van der Waals surface area (Å²) >= 11 is 3.66. The van der Waals surface area contributed by atoms with Crippen LogP contribution in [0.25, 0.3) is 11.1 Å². The first-order valence-electron chi connectivity index (χ1n) is 4.73. The lowest BCUT2D eigenvalue weighted by atomic mass is 10.0. The van der Waals surface area contributed by atoms with Crippen LogP contribution in [-0.2, 0) is 0 Å². The van der Waals surface area contributed by atoms with Crippen LogP contribution in [0.2, 0.25) is 0 Å². The molecule has 0 heterocycles. The SMILES string of the molecule is Fc1cc(-c2cc(F)c(F)c(F)c2)c(F)cc1S. The van der Waals surface area contributed by atoms with Gasteiger partial charge < -0.3 is 0 Å². The van der Waals surface area contributed by atoms with Gasteiger partial charge in [-0.2, -0.15) is 0 Å². The first-order chi connectivity index (χ1) is 8.40. The molecule has 0 saturated carbocycles. The molecule has 6 heteroatoms. The van der Waals surface area contributed by atoms with Crippen molar-refractivity contribution in [3.05, 3.63) is 53.4 Å². The van der Waals surface area contributed by atoms with Gasteiger partial charge in [-0.25, -0.2) is 22.0 Å². The smallest absolute Gasteiger partial charge is 0.194 e. The molecule has 0 aliphatic rings. The summed E-state index contributed by atoms with van der Waals surface area (Å²) in [5.74, 6) is -6.36. The fraction of sp³-hybridized carbons (Fsp3) is 0. The van der Waals surface area contributed by atoms with Crippen molar-refractivity contribution in [1.82, 2.24) is 0 Å². The number of hydrogen-bond acceptors (Lipinski definition) is 1. The van der Waals surface area contributed by atoms with E-state index in [1.165, 1.54) is 0 Å². The maximum atomic E-state index is 13.5. The van der Waals surface area contributed by atoms with Crippen molar-refractivity contribution >= 4 is 12.6 Å². The molecule has 18 heavy (non-hydrogen) atoms. The van der Waals surface area contributed by atoms with E-state index in [4.69, 9.17) is 0 Å². The highest BCUT2D eigenvalue weighted by Crippen LogP contribution is 2.29. The Morgan fingerprint density at radius 2 is 1.22 bits per heavy atom. The highest BCUT2D eigenvalue weighted by atomic mass is 32.1. The summed E-state index contributed by atoms with van der Waals surface area (Å²) in [6, 6.07) is 2.69. The number of benzene rings is 2. The molecule has 0 saturated heterocycles. The molecule has 2 aromatic rings. The Morgan fingerprint density at radius 1 is 0.667 bits per heavy atom. The maximum Gasteiger partial charge on any atom is 0.194 e. The van der Waals surface area contributed by atoms with Crippen LogP contribution in [0.4, 0.5) is 22.0 Å². The monoisotopic (exact) mass is 276 g/mol. The maximum absolute atomic E-state index is 13.5. The number of rotatable bonds is 1. The van der Waals surface area contributed by atoms with E-state index in [9.17, 15) is 22.0 Å². The van der Waals surface area contributed by atoms with Crippen LogP contribution in [0.5, 0.6) is 0 Å². The van der Waals surface area contributed by atoms with Crippen LogP contribution >= 0.6 is 12.6 Å². The standard InChI is InChI=1S/C12H5F5S/c13-7-4-11(18)8(14)3-6(7)5-1-9(15)12(17)10(16)2-5/h1-4,18H.